The third kappa shape index (κ3) is 4.54. The summed E-state index contributed by atoms with van der Waals surface area (Å²) in [6, 6.07) is 15.1. The Balaban J connectivity index is 1.43. The molecule has 30 heavy (non-hydrogen) atoms. The van der Waals surface area contributed by atoms with E-state index < -0.39 is 5.97 Å². The standard InChI is InChI=1S/C23H22ClN3O3/c1-15-7-10-18(11-20(15)24)27-22(17-8-9-17)19(12-26-27)23(29)25-13-21(28)30-14-16-5-3-2-4-6-16/h2-7,10-12,17H,8-9,13-14H2,1H3,(H,25,29). The van der Waals surface area contributed by atoms with E-state index in [2.05, 4.69) is 10.4 Å². The van der Waals surface area contributed by atoms with Gasteiger partial charge in [-0.15, -0.1) is 0 Å². The van der Waals surface area contributed by atoms with Crippen LogP contribution in [-0.2, 0) is 16.1 Å². The fraction of sp³-hybridized carbons (Fsp3) is 0.261. The van der Waals surface area contributed by atoms with Gasteiger partial charge in [0.05, 0.1) is 23.1 Å². The Bertz CT molecular complexity index is 1070. The van der Waals surface area contributed by atoms with Crippen LogP contribution in [0, 0.1) is 6.92 Å². The zero-order valence-electron chi connectivity index (χ0n) is 16.6. The molecular formula is C23H22ClN3O3. The molecule has 1 aromatic heterocycles. The molecule has 7 heteroatoms. The van der Waals surface area contributed by atoms with Gasteiger partial charge in [-0.05, 0) is 43.0 Å². The fourth-order valence-corrected chi connectivity index (χ4v) is 3.41. The number of nitrogens with zero attached hydrogens (tertiary/aromatic N) is 2. The molecule has 154 valence electrons. The smallest absolute Gasteiger partial charge is 0.325 e. The first-order chi connectivity index (χ1) is 14.5. The molecule has 0 aliphatic heterocycles. The number of amides is 1. The van der Waals surface area contributed by atoms with Crippen LogP contribution in [-0.4, -0.2) is 28.2 Å². The lowest BCUT2D eigenvalue weighted by atomic mass is 10.1. The van der Waals surface area contributed by atoms with E-state index in [9.17, 15) is 9.59 Å². The van der Waals surface area contributed by atoms with Gasteiger partial charge in [0.25, 0.3) is 5.91 Å². The highest BCUT2D eigenvalue weighted by atomic mass is 35.5. The molecule has 0 bridgehead atoms. The van der Waals surface area contributed by atoms with Crippen molar-refractivity contribution in [1.82, 2.24) is 15.1 Å². The zero-order valence-corrected chi connectivity index (χ0v) is 17.4. The number of aromatic nitrogens is 2. The van der Waals surface area contributed by atoms with Crippen LogP contribution < -0.4 is 5.32 Å². The molecule has 1 aliphatic rings. The fourth-order valence-electron chi connectivity index (χ4n) is 3.24. The third-order valence-electron chi connectivity index (χ3n) is 5.05. The van der Waals surface area contributed by atoms with Crippen molar-refractivity contribution in [3.05, 3.63) is 82.1 Å². The van der Waals surface area contributed by atoms with E-state index >= 15 is 0 Å². The van der Waals surface area contributed by atoms with Crippen LogP contribution in [0.4, 0.5) is 0 Å². The lowest BCUT2D eigenvalue weighted by molar-refractivity contribution is -0.143. The van der Waals surface area contributed by atoms with Crippen LogP contribution in [0.1, 0.15) is 45.9 Å². The summed E-state index contributed by atoms with van der Waals surface area (Å²) in [5.74, 6) is -0.547. The highest BCUT2D eigenvalue weighted by molar-refractivity contribution is 6.31. The maximum Gasteiger partial charge on any atom is 0.325 e. The number of esters is 1. The predicted molar refractivity (Wildman–Crippen MR) is 114 cm³/mol. The molecule has 1 heterocycles. The van der Waals surface area contributed by atoms with Crippen molar-refractivity contribution < 1.29 is 14.3 Å². The van der Waals surface area contributed by atoms with E-state index in [1.807, 2.05) is 55.5 Å². The molecule has 1 saturated carbocycles. The third-order valence-corrected chi connectivity index (χ3v) is 5.46. The normalized spacial score (nSPS) is 13.1. The molecule has 0 spiro atoms. The van der Waals surface area contributed by atoms with Gasteiger partial charge in [0.2, 0.25) is 0 Å². The SMILES string of the molecule is Cc1ccc(-n2ncc(C(=O)NCC(=O)OCc3ccccc3)c2C2CC2)cc1Cl. The van der Waals surface area contributed by atoms with Crippen molar-refractivity contribution in [2.45, 2.75) is 32.3 Å². The molecule has 1 N–H and O–H groups in total. The predicted octanol–water partition coefficient (Wildman–Crippen LogP) is 4.18. The minimum atomic E-state index is -0.488. The molecule has 6 nitrogen and oxygen atoms in total. The number of carbonyl (C=O) groups is 2. The molecule has 0 saturated heterocycles. The molecule has 0 atom stereocenters. The summed E-state index contributed by atoms with van der Waals surface area (Å²) in [5, 5.41) is 7.72. The van der Waals surface area contributed by atoms with Gasteiger partial charge in [-0.25, -0.2) is 4.68 Å². The lowest BCUT2D eigenvalue weighted by Gasteiger charge is -2.10. The second-order valence-corrected chi connectivity index (χ2v) is 7.80. The van der Waals surface area contributed by atoms with E-state index in [1.54, 1.807) is 10.9 Å². The first-order valence-electron chi connectivity index (χ1n) is 9.85. The minimum Gasteiger partial charge on any atom is -0.460 e. The molecule has 0 radical (unpaired) electrons. The van der Waals surface area contributed by atoms with Crippen molar-refractivity contribution >= 4 is 23.5 Å². The summed E-state index contributed by atoms with van der Waals surface area (Å²) in [5.41, 5.74) is 4.02. The van der Waals surface area contributed by atoms with E-state index in [1.165, 1.54) is 0 Å². The highest BCUT2D eigenvalue weighted by Crippen LogP contribution is 2.42. The first kappa shape index (κ1) is 20.2. The number of halogens is 1. The number of hydrogen-bond donors (Lipinski definition) is 1. The topological polar surface area (TPSA) is 73.2 Å². The Labute approximate surface area is 179 Å². The number of ether oxygens (including phenoxy) is 1. The molecule has 1 aliphatic carbocycles. The van der Waals surface area contributed by atoms with Gasteiger partial charge < -0.3 is 10.1 Å². The number of carbonyl (C=O) groups excluding carboxylic acids is 2. The number of aryl methyl sites for hydroxylation is 1. The van der Waals surface area contributed by atoms with Crippen LogP contribution in [0.5, 0.6) is 0 Å². The van der Waals surface area contributed by atoms with Crippen molar-refractivity contribution in [2.75, 3.05) is 6.54 Å². The van der Waals surface area contributed by atoms with Gasteiger partial charge in [-0.3, -0.25) is 9.59 Å². The van der Waals surface area contributed by atoms with Gasteiger partial charge in [0.1, 0.15) is 13.2 Å². The Morgan fingerprint density at radius 3 is 2.67 bits per heavy atom. The van der Waals surface area contributed by atoms with Crippen molar-refractivity contribution in [3.63, 3.8) is 0 Å². The molecule has 0 unspecified atom stereocenters. The first-order valence-corrected chi connectivity index (χ1v) is 10.2. The van der Waals surface area contributed by atoms with Crippen molar-refractivity contribution in [2.24, 2.45) is 0 Å². The molecule has 4 rings (SSSR count). The summed E-state index contributed by atoms with van der Waals surface area (Å²) in [7, 11) is 0. The van der Waals surface area contributed by atoms with E-state index in [0.717, 1.165) is 35.3 Å². The number of rotatable bonds is 7. The molecule has 1 fully saturated rings. The quantitative estimate of drug-likeness (QED) is 0.578. The lowest BCUT2D eigenvalue weighted by Crippen LogP contribution is -2.31. The van der Waals surface area contributed by atoms with Gasteiger partial charge >= 0.3 is 5.97 Å². The molecule has 3 aromatic rings. The summed E-state index contributed by atoms with van der Waals surface area (Å²) in [4.78, 5) is 24.8. The molecule has 1 amide bonds. The van der Waals surface area contributed by atoms with E-state index in [4.69, 9.17) is 16.3 Å². The molecular weight excluding hydrogens is 402 g/mol. The summed E-state index contributed by atoms with van der Waals surface area (Å²) >= 11 is 6.27. The second-order valence-electron chi connectivity index (χ2n) is 7.39. The monoisotopic (exact) mass is 423 g/mol. The van der Waals surface area contributed by atoms with Gasteiger partial charge in [-0.2, -0.15) is 5.10 Å². The zero-order chi connectivity index (χ0) is 21.1. The Hall–Kier alpha value is -3.12. The van der Waals surface area contributed by atoms with Gasteiger partial charge in [-0.1, -0.05) is 48.0 Å². The largest absolute Gasteiger partial charge is 0.460 e. The van der Waals surface area contributed by atoms with E-state index in [-0.39, 0.29) is 25.0 Å². The van der Waals surface area contributed by atoms with Crippen LogP contribution in [0.15, 0.2) is 54.7 Å². The highest BCUT2D eigenvalue weighted by Gasteiger charge is 2.33. The summed E-state index contributed by atoms with van der Waals surface area (Å²) in [6.45, 7) is 1.92. The maximum atomic E-state index is 12.7. The Morgan fingerprint density at radius 2 is 1.97 bits per heavy atom. The Kier molecular flexibility index (Phi) is 5.86. The summed E-state index contributed by atoms with van der Waals surface area (Å²) in [6.07, 6.45) is 3.56. The number of benzene rings is 2. The van der Waals surface area contributed by atoms with Crippen LogP contribution in [0.25, 0.3) is 5.69 Å². The van der Waals surface area contributed by atoms with Gasteiger partial charge in [0, 0.05) is 10.9 Å². The van der Waals surface area contributed by atoms with E-state index in [0.29, 0.717) is 10.6 Å². The van der Waals surface area contributed by atoms with Crippen LogP contribution in [0.3, 0.4) is 0 Å². The Morgan fingerprint density at radius 1 is 1.20 bits per heavy atom. The average molecular weight is 424 g/mol. The summed E-state index contributed by atoms with van der Waals surface area (Å²) < 4.78 is 6.98. The number of hydrogen-bond acceptors (Lipinski definition) is 4. The maximum absolute atomic E-state index is 12.7. The second kappa shape index (κ2) is 8.71. The minimum absolute atomic E-state index is 0.176. The van der Waals surface area contributed by atoms with Crippen molar-refractivity contribution in [3.8, 4) is 5.69 Å². The van der Waals surface area contributed by atoms with Gasteiger partial charge in [0.15, 0.2) is 0 Å². The van der Waals surface area contributed by atoms with Crippen LogP contribution in [0.2, 0.25) is 5.02 Å². The number of nitrogens with one attached hydrogen (secondary N) is 1. The van der Waals surface area contributed by atoms with Crippen LogP contribution >= 0.6 is 11.6 Å². The molecule has 2 aromatic carbocycles. The average Bonchev–Trinajstić information content (AvgIpc) is 3.51. The van der Waals surface area contributed by atoms with Crippen molar-refractivity contribution in [1.29, 1.82) is 0 Å².